The first-order chi connectivity index (χ1) is 16.8. The molecule has 2 aromatic rings. The predicted octanol–water partition coefficient (Wildman–Crippen LogP) is 0.966. The molecule has 3 atom stereocenters. The van der Waals surface area contributed by atoms with E-state index in [0.29, 0.717) is 18.5 Å². The number of aromatic nitrogens is 1. The van der Waals surface area contributed by atoms with Crippen molar-refractivity contribution in [3.05, 3.63) is 66.0 Å². The molecule has 1 saturated heterocycles. The molecular formula is C24H28N3O8+. The van der Waals surface area contributed by atoms with Crippen molar-refractivity contribution in [3.8, 4) is 0 Å². The number of carbonyl (C=O) groups excluding carboxylic acids is 2. The van der Waals surface area contributed by atoms with Crippen molar-refractivity contribution in [2.75, 3.05) is 13.2 Å². The van der Waals surface area contributed by atoms with Crippen LogP contribution in [-0.4, -0.2) is 69.4 Å². The molecule has 1 aliphatic heterocycles. The Hall–Kier alpha value is -3.99. The quantitative estimate of drug-likeness (QED) is 0.382. The number of ether oxygens (including phenoxy) is 1. The van der Waals surface area contributed by atoms with Crippen LogP contribution in [-0.2, 0) is 21.1 Å². The van der Waals surface area contributed by atoms with Gasteiger partial charge in [0.15, 0.2) is 18.4 Å². The maximum absolute atomic E-state index is 12.9. The Labute approximate surface area is 201 Å². The summed E-state index contributed by atoms with van der Waals surface area (Å²) >= 11 is 0. The number of amides is 2. The summed E-state index contributed by atoms with van der Waals surface area (Å²) in [5, 5.41) is 30.2. The van der Waals surface area contributed by atoms with Crippen LogP contribution in [0.4, 0.5) is 4.79 Å². The molecule has 3 rings (SSSR count). The molecule has 0 radical (unpaired) electrons. The van der Waals surface area contributed by atoms with E-state index in [1.165, 1.54) is 27.8 Å². The van der Waals surface area contributed by atoms with Gasteiger partial charge in [0, 0.05) is 12.6 Å². The lowest BCUT2D eigenvalue weighted by molar-refractivity contribution is -0.727. The summed E-state index contributed by atoms with van der Waals surface area (Å²) in [7, 11) is 0. The molecular weight excluding hydrogens is 458 g/mol. The first-order valence-corrected chi connectivity index (χ1v) is 11.2. The van der Waals surface area contributed by atoms with Gasteiger partial charge in [0.25, 0.3) is 12.6 Å². The third-order valence-electron chi connectivity index (χ3n) is 5.84. The number of hydrogen-bond donors (Lipinski definition) is 4. The van der Waals surface area contributed by atoms with Crippen LogP contribution in [0.3, 0.4) is 0 Å². The van der Waals surface area contributed by atoms with Gasteiger partial charge in [-0.15, -0.1) is 0 Å². The van der Waals surface area contributed by atoms with Crippen molar-refractivity contribution in [2.45, 2.75) is 44.0 Å². The molecule has 2 amide bonds. The normalized spacial score (nSPS) is 17.2. The van der Waals surface area contributed by atoms with E-state index in [0.717, 1.165) is 12.8 Å². The SMILES string of the molecule is O=C(N[C@@H](CO)C(=O)O)c1ccc[n+](COC(=O)N2CCCC[C@@H]2[C@H](C(=O)O)c2ccccc2)c1. The van der Waals surface area contributed by atoms with E-state index >= 15 is 0 Å². The topological polar surface area (TPSA) is 157 Å². The average molecular weight is 487 g/mol. The Morgan fingerprint density at radius 1 is 1.06 bits per heavy atom. The van der Waals surface area contributed by atoms with Gasteiger partial charge in [0.05, 0.1) is 12.6 Å². The second-order valence-electron chi connectivity index (χ2n) is 8.18. The molecule has 0 aliphatic carbocycles. The first kappa shape index (κ1) is 25.6. The minimum Gasteiger partial charge on any atom is -0.481 e. The van der Waals surface area contributed by atoms with Crippen LogP contribution in [0.15, 0.2) is 54.9 Å². The van der Waals surface area contributed by atoms with E-state index in [9.17, 15) is 24.3 Å². The van der Waals surface area contributed by atoms with E-state index in [1.54, 1.807) is 36.5 Å². The molecule has 35 heavy (non-hydrogen) atoms. The van der Waals surface area contributed by atoms with Crippen molar-refractivity contribution in [1.29, 1.82) is 0 Å². The molecule has 1 aromatic carbocycles. The summed E-state index contributed by atoms with van der Waals surface area (Å²) in [4.78, 5) is 49.8. The Kier molecular flexibility index (Phi) is 8.74. The minimum absolute atomic E-state index is 0.106. The summed E-state index contributed by atoms with van der Waals surface area (Å²) in [5.41, 5.74) is 0.717. The fourth-order valence-corrected chi connectivity index (χ4v) is 4.10. The zero-order valence-electron chi connectivity index (χ0n) is 18.9. The van der Waals surface area contributed by atoms with Gasteiger partial charge in [0.2, 0.25) is 0 Å². The standard InChI is InChI=1S/C24H27N3O8/c28-14-18(22(30)31)25-21(29)17-9-6-11-26(13-17)15-35-24(34)27-12-5-4-10-19(27)20(23(32)33)16-7-2-1-3-8-16/h1-3,6-9,11,13,18-20,28H,4-5,10,12,14-15H2,(H2-,25,29,30,31,32,33)/p+1/t18-,19+,20+/m0/s1. The maximum atomic E-state index is 12.9. The van der Waals surface area contributed by atoms with Gasteiger partial charge in [0.1, 0.15) is 11.5 Å². The lowest BCUT2D eigenvalue weighted by Crippen LogP contribution is -2.50. The molecule has 0 bridgehead atoms. The zero-order valence-corrected chi connectivity index (χ0v) is 18.9. The Morgan fingerprint density at radius 2 is 1.80 bits per heavy atom. The zero-order chi connectivity index (χ0) is 25.4. The molecule has 0 saturated carbocycles. The van der Waals surface area contributed by atoms with Crippen LogP contribution in [0.1, 0.15) is 41.1 Å². The number of aliphatic hydroxyl groups is 1. The summed E-state index contributed by atoms with van der Waals surface area (Å²) in [6.07, 6.45) is 4.32. The number of rotatable bonds is 9. The molecule has 11 heteroatoms. The van der Waals surface area contributed by atoms with Crippen molar-refractivity contribution in [1.82, 2.24) is 10.2 Å². The number of carboxylic acid groups (broad SMARTS) is 2. The number of nitrogens with one attached hydrogen (secondary N) is 1. The molecule has 186 valence electrons. The van der Waals surface area contributed by atoms with Gasteiger partial charge in [-0.3, -0.25) is 9.59 Å². The highest BCUT2D eigenvalue weighted by Gasteiger charge is 2.38. The van der Waals surface area contributed by atoms with Gasteiger partial charge < -0.3 is 30.3 Å². The Balaban J connectivity index is 1.69. The van der Waals surface area contributed by atoms with E-state index in [1.807, 2.05) is 0 Å². The minimum atomic E-state index is -1.45. The maximum Gasteiger partial charge on any atom is 0.414 e. The second-order valence-corrected chi connectivity index (χ2v) is 8.18. The number of carboxylic acids is 2. The number of aliphatic carboxylic acids is 2. The van der Waals surface area contributed by atoms with Crippen LogP contribution in [0.5, 0.6) is 0 Å². The van der Waals surface area contributed by atoms with Crippen LogP contribution in [0.25, 0.3) is 0 Å². The molecule has 1 fully saturated rings. The monoisotopic (exact) mass is 486 g/mol. The highest BCUT2D eigenvalue weighted by Crippen LogP contribution is 2.31. The summed E-state index contributed by atoms with van der Waals surface area (Å²) < 4.78 is 6.85. The number of pyridine rings is 1. The number of aliphatic hydroxyl groups excluding tert-OH is 1. The lowest BCUT2D eigenvalue weighted by Gasteiger charge is -2.38. The Morgan fingerprint density at radius 3 is 2.46 bits per heavy atom. The highest BCUT2D eigenvalue weighted by molar-refractivity contribution is 5.96. The van der Waals surface area contributed by atoms with Gasteiger partial charge in [-0.1, -0.05) is 30.3 Å². The third kappa shape index (κ3) is 6.54. The number of piperidine rings is 1. The van der Waals surface area contributed by atoms with Crippen molar-refractivity contribution in [2.24, 2.45) is 0 Å². The third-order valence-corrected chi connectivity index (χ3v) is 5.84. The highest BCUT2D eigenvalue weighted by atomic mass is 16.6. The molecule has 4 N–H and O–H groups in total. The van der Waals surface area contributed by atoms with E-state index < -0.39 is 48.5 Å². The Bertz CT molecular complexity index is 1060. The van der Waals surface area contributed by atoms with Crippen molar-refractivity contribution < 1.29 is 43.8 Å². The molecule has 0 spiro atoms. The van der Waals surface area contributed by atoms with E-state index in [4.69, 9.17) is 14.9 Å². The molecule has 0 unspecified atom stereocenters. The van der Waals surface area contributed by atoms with Crippen LogP contribution in [0.2, 0.25) is 0 Å². The molecule has 1 aromatic heterocycles. The largest absolute Gasteiger partial charge is 0.481 e. The molecule has 1 aliphatic rings. The number of likely N-dealkylation sites (tertiary alicyclic amines) is 1. The average Bonchev–Trinajstić information content (AvgIpc) is 2.86. The van der Waals surface area contributed by atoms with Gasteiger partial charge >= 0.3 is 18.0 Å². The van der Waals surface area contributed by atoms with Crippen molar-refractivity contribution >= 4 is 23.9 Å². The second kappa shape index (κ2) is 11.9. The lowest BCUT2D eigenvalue weighted by atomic mass is 9.85. The number of benzene rings is 1. The smallest absolute Gasteiger partial charge is 0.414 e. The van der Waals surface area contributed by atoms with Crippen LogP contribution >= 0.6 is 0 Å². The summed E-state index contributed by atoms with van der Waals surface area (Å²) in [6, 6.07) is 9.74. The van der Waals surface area contributed by atoms with Gasteiger partial charge in [-0.2, -0.15) is 4.57 Å². The number of nitrogens with zero attached hydrogens (tertiary/aromatic N) is 2. The van der Waals surface area contributed by atoms with Crippen LogP contribution in [0, 0.1) is 0 Å². The van der Waals surface area contributed by atoms with Crippen molar-refractivity contribution in [3.63, 3.8) is 0 Å². The van der Waals surface area contributed by atoms with Gasteiger partial charge in [-0.05, 0) is 30.9 Å². The predicted molar refractivity (Wildman–Crippen MR) is 120 cm³/mol. The molecule has 2 heterocycles. The molecule has 11 nitrogen and oxygen atoms in total. The fourth-order valence-electron chi connectivity index (χ4n) is 4.10. The van der Waals surface area contributed by atoms with Crippen LogP contribution < -0.4 is 9.88 Å². The fraction of sp³-hybridized carbons (Fsp3) is 0.375. The first-order valence-electron chi connectivity index (χ1n) is 11.2. The number of hydrogen-bond acceptors (Lipinski definition) is 6. The summed E-state index contributed by atoms with van der Waals surface area (Å²) in [6.45, 7) is -0.636. The van der Waals surface area contributed by atoms with E-state index in [2.05, 4.69) is 5.32 Å². The number of carbonyl (C=O) groups is 4. The van der Waals surface area contributed by atoms with E-state index in [-0.39, 0.29) is 12.3 Å². The van der Waals surface area contributed by atoms with Gasteiger partial charge in [-0.25, -0.2) is 9.59 Å². The summed E-state index contributed by atoms with van der Waals surface area (Å²) in [5.74, 6) is -3.99.